The number of nitrogens with zero attached hydrogens (tertiary/aromatic N) is 2. The second kappa shape index (κ2) is 12.0. The maximum absolute atomic E-state index is 2.45. The number of benzene rings is 6. The van der Waals surface area contributed by atoms with Crippen LogP contribution in [0.5, 0.6) is 0 Å². The number of rotatable bonds is 7. The minimum atomic E-state index is 0.149. The van der Waals surface area contributed by atoms with Gasteiger partial charge in [-0.15, -0.1) is 0 Å². The van der Waals surface area contributed by atoms with Gasteiger partial charge in [0.15, 0.2) is 0 Å². The highest BCUT2D eigenvalue weighted by Gasteiger charge is 2.37. The maximum Gasteiger partial charge on any atom is 0.0464 e. The largest absolute Gasteiger partial charge is 0.311 e. The summed E-state index contributed by atoms with van der Waals surface area (Å²) in [7, 11) is 0. The predicted octanol–water partition coefficient (Wildman–Crippen LogP) is 12.6. The summed E-state index contributed by atoms with van der Waals surface area (Å²) in [6, 6.07) is 56.9. The number of fused-ring (bicyclic) bond motifs is 1. The van der Waals surface area contributed by atoms with E-state index in [4.69, 9.17) is 0 Å². The van der Waals surface area contributed by atoms with E-state index in [1.165, 1.54) is 40.8 Å². The van der Waals surface area contributed by atoms with Crippen LogP contribution in [0, 0.1) is 0 Å². The van der Waals surface area contributed by atoms with Gasteiger partial charge in [-0.2, -0.15) is 0 Å². The fourth-order valence-corrected chi connectivity index (χ4v) is 6.95. The van der Waals surface area contributed by atoms with E-state index in [0.717, 1.165) is 28.4 Å². The SMILES string of the molecule is CC1(C)CCC(C)(C)c2cc(N(c3ccccc3)c3ccc(-c4ccc(N(c5ccccc5)c5ccccc5)cc4)cc3)ccc21. The Labute approximate surface area is 274 Å². The third-order valence-corrected chi connectivity index (χ3v) is 9.72. The highest BCUT2D eigenvalue weighted by molar-refractivity contribution is 5.81. The lowest BCUT2D eigenvalue weighted by molar-refractivity contribution is 0.332. The van der Waals surface area contributed by atoms with Gasteiger partial charge >= 0.3 is 0 Å². The van der Waals surface area contributed by atoms with E-state index in [2.05, 4.69) is 195 Å². The van der Waals surface area contributed by atoms with Crippen LogP contribution in [0.4, 0.5) is 34.1 Å². The Hall–Kier alpha value is -5.08. The van der Waals surface area contributed by atoms with Gasteiger partial charge in [0.05, 0.1) is 0 Å². The van der Waals surface area contributed by atoms with E-state index in [0.29, 0.717) is 0 Å². The molecule has 0 bridgehead atoms. The lowest BCUT2D eigenvalue weighted by Gasteiger charge is -2.42. The second-order valence-corrected chi connectivity index (χ2v) is 13.8. The lowest BCUT2D eigenvalue weighted by Crippen LogP contribution is -2.34. The molecule has 0 unspecified atom stereocenters. The second-order valence-electron chi connectivity index (χ2n) is 13.8. The zero-order chi connectivity index (χ0) is 31.7. The first-order chi connectivity index (χ1) is 22.3. The molecule has 6 aromatic rings. The molecular formula is C44H42N2. The summed E-state index contributed by atoms with van der Waals surface area (Å²) in [4.78, 5) is 4.69. The van der Waals surface area contributed by atoms with Crippen molar-refractivity contribution in [1.82, 2.24) is 0 Å². The normalized spacial score (nSPS) is 14.7. The van der Waals surface area contributed by atoms with Crippen LogP contribution in [0.2, 0.25) is 0 Å². The molecule has 7 rings (SSSR count). The van der Waals surface area contributed by atoms with Crippen molar-refractivity contribution in [3.05, 3.63) is 169 Å². The molecule has 2 heteroatoms. The Morgan fingerprint density at radius 2 is 0.674 bits per heavy atom. The van der Waals surface area contributed by atoms with Crippen molar-refractivity contribution in [3.63, 3.8) is 0 Å². The van der Waals surface area contributed by atoms with Gasteiger partial charge < -0.3 is 9.80 Å². The molecule has 0 amide bonds. The summed E-state index contributed by atoms with van der Waals surface area (Å²) in [6.07, 6.45) is 2.41. The average molecular weight is 599 g/mol. The molecule has 0 atom stereocenters. The Bertz CT molecular complexity index is 1870. The topological polar surface area (TPSA) is 6.48 Å². The van der Waals surface area contributed by atoms with Crippen LogP contribution in [-0.4, -0.2) is 0 Å². The van der Waals surface area contributed by atoms with Crippen LogP contribution in [-0.2, 0) is 10.8 Å². The first kappa shape index (κ1) is 29.6. The molecule has 0 aromatic heterocycles. The van der Waals surface area contributed by atoms with Crippen molar-refractivity contribution in [3.8, 4) is 11.1 Å². The van der Waals surface area contributed by atoms with Gasteiger partial charge in [0.25, 0.3) is 0 Å². The molecule has 0 radical (unpaired) electrons. The number of hydrogen-bond acceptors (Lipinski definition) is 2. The van der Waals surface area contributed by atoms with Crippen LogP contribution in [0.3, 0.4) is 0 Å². The fourth-order valence-electron chi connectivity index (χ4n) is 6.95. The molecule has 46 heavy (non-hydrogen) atoms. The zero-order valence-corrected chi connectivity index (χ0v) is 27.3. The van der Waals surface area contributed by atoms with Crippen molar-refractivity contribution < 1.29 is 0 Å². The summed E-state index contributed by atoms with van der Waals surface area (Å²) < 4.78 is 0. The van der Waals surface area contributed by atoms with Crippen LogP contribution in [0.1, 0.15) is 51.7 Å². The van der Waals surface area contributed by atoms with Crippen molar-refractivity contribution in [2.24, 2.45) is 0 Å². The molecular weight excluding hydrogens is 556 g/mol. The van der Waals surface area contributed by atoms with Gasteiger partial charge in [0, 0.05) is 34.1 Å². The van der Waals surface area contributed by atoms with Gasteiger partial charge in [-0.3, -0.25) is 0 Å². The Morgan fingerprint density at radius 3 is 1.09 bits per heavy atom. The Morgan fingerprint density at radius 1 is 0.348 bits per heavy atom. The fraction of sp³-hybridized carbons (Fsp3) is 0.182. The quantitative estimate of drug-likeness (QED) is 0.180. The molecule has 2 nitrogen and oxygen atoms in total. The molecule has 1 aliphatic carbocycles. The molecule has 1 aliphatic rings. The monoisotopic (exact) mass is 598 g/mol. The summed E-state index contributed by atoms with van der Waals surface area (Å²) in [5.74, 6) is 0. The van der Waals surface area contributed by atoms with E-state index in [1.807, 2.05) is 0 Å². The zero-order valence-electron chi connectivity index (χ0n) is 27.3. The van der Waals surface area contributed by atoms with E-state index < -0.39 is 0 Å². The molecule has 0 N–H and O–H groups in total. The lowest BCUT2D eigenvalue weighted by atomic mass is 9.63. The summed E-state index contributed by atoms with van der Waals surface area (Å²) in [5.41, 5.74) is 12.6. The van der Waals surface area contributed by atoms with Gasteiger partial charge in [0.2, 0.25) is 0 Å². The highest BCUT2D eigenvalue weighted by Crippen LogP contribution is 2.48. The highest BCUT2D eigenvalue weighted by atomic mass is 15.1. The van der Waals surface area contributed by atoms with Gasteiger partial charge in [-0.1, -0.05) is 113 Å². The third kappa shape index (κ3) is 5.72. The Balaban J connectivity index is 1.22. The molecule has 228 valence electrons. The number of para-hydroxylation sites is 3. The van der Waals surface area contributed by atoms with Crippen molar-refractivity contribution in [1.29, 1.82) is 0 Å². The van der Waals surface area contributed by atoms with Crippen molar-refractivity contribution in [2.75, 3.05) is 9.80 Å². The third-order valence-electron chi connectivity index (χ3n) is 9.72. The van der Waals surface area contributed by atoms with Crippen LogP contribution in [0.25, 0.3) is 11.1 Å². The molecule has 0 aliphatic heterocycles. The average Bonchev–Trinajstić information content (AvgIpc) is 3.09. The van der Waals surface area contributed by atoms with Gasteiger partial charge in [-0.05, 0) is 119 Å². The van der Waals surface area contributed by atoms with Crippen LogP contribution in [0.15, 0.2) is 158 Å². The smallest absolute Gasteiger partial charge is 0.0464 e. The minimum Gasteiger partial charge on any atom is -0.311 e. The Kier molecular flexibility index (Phi) is 7.74. The summed E-state index contributed by atoms with van der Waals surface area (Å²) in [5, 5.41) is 0. The van der Waals surface area contributed by atoms with Gasteiger partial charge in [-0.25, -0.2) is 0 Å². The molecule has 0 saturated carbocycles. The van der Waals surface area contributed by atoms with Crippen LogP contribution >= 0.6 is 0 Å². The van der Waals surface area contributed by atoms with Gasteiger partial charge in [0.1, 0.15) is 0 Å². The molecule has 0 heterocycles. The summed E-state index contributed by atoms with van der Waals surface area (Å²) >= 11 is 0. The molecule has 6 aromatic carbocycles. The van der Waals surface area contributed by atoms with E-state index in [-0.39, 0.29) is 10.8 Å². The predicted molar refractivity (Wildman–Crippen MR) is 197 cm³/mol. The first-order valence-electron chi connectivity index (χ1n) is 16.4. The van der Waals surface area contributed by atoms with Crippen LogP contribution < -0.4 is 9.80 Å². The van der Waals surface area contributed by atoms with E-state index in [1.54, 1.807) is 0 Å². The molecule has 0 saturated heterocycles. The number of hydrogen-bond donors (Lipinski definition) is 0. The van der Waals surface area contributed by atoms with E-state index in [9.17, 15) is 0 Å². The summed E-state index contributed by atoms with van der Waals surface area (Å²) in [6.45, 7) is 9.58. The molecule has 0 spiro atoms. The van der Waals surface area contributed by atoms with Crippen molar-refractivity contribution >= 4 is 34.1 Å². The minimum absolute atomic E-state index is 0.149. The standard InChI is InChI=1S/C44H42N2/c1-43(2)30-31-44(3,4)42-32-40(28-29-41(42)43)46(37-18-12-7-13-19-37)39-26-22-34(23-27-39)33-20-24-38(25-21-33)45(35-14-8-5-9-15-35)36-16-10-6-11-17-36/h5-29,32H,30-31H2,1-4H3. The van der Waals surface area contributed by atoms with Crippen molar-refractivity contribution in [2.45, 2.75) is 51.4 Å². The first-order valence-corrected chi connectivity index (χ1v) is 16.4. The number of anilines is 6. The molecule has 0 fully saturated rings. The van der Waals surface area contributed by atoms with E-state index >= 15 is 0 Å². The maximum atomic E-state index is 2.45.